The van der Waals surface area contributed by atoms with Crippen LogP contribution in [0, 0.1) is 17.2 Å². The van der Waals surface area contributed by atoms with Crippen molar-refractivity contribution in [2.45, 2.75) is 67.5 Å². The van der Waals surface area contributed by atoms with Crippen LogP contribution in [0.5, 0.6) is 0 Å². The molecule has 10 heteroatoms. The maximum atomic E-state index is 12.9. The van der Waals surface area contributed by atoms with E-state index < -0.39 is 15.6 Å². The molecule has 0 radical (unpaired) electrons. The van der Waals surface area contributed by atoms with Gasteiger partial charge in [-0.15, -0.1) is 0 Å². The minimum absolute atomic E-state index is 0.0330. The van der Waals surface area contributed by atoms with E-state index in [0.29, 0.717) is 18.0 Å². The molecule has 1 heterocycles. The van der Waals surface area contributed by atoms with Gasteiger partial charge >= 0.3 is 0 Å². The van der Waals surface area contributed by atoms with Crippen LogP contribution in [0.2, 0.25) is 0 Å². The molecule has 4 rings (SSSR count). The van der Waals surface area contributed by atoms with Crippen LogP contribution >= 0.6 is 0 Å². The number of sulfonamides is 1. The molecule has 3 aliphatic rings. The molecule has 2 aliphatic carbocycles. The van der Waals surface area contributed by atoms with E-state index in [9.17, 15) is 18.5 Å². The molecule has 0 aromatic heterocycles. The van der Waals surface area contributed by atoms with E-state index in [0.717, 1.165) is 38.5 Å². The average Bonchev–Trinajstić information content (AvgIpc) is 3.40. The van der Waals surface area contributed by atoms with Crippen molar-refractivity contribution < 1.29 is 13.2 Å². The van der Waals surface area contributed by atoms with Crippen LogP contribution in [0.3, 0.4) is 0 Å². The molecule has 1 aliphatic heterocycles. The third-order valence-corrected chi connectivity index (χ3v) is 7.34. The summed E-state index contributed by atoms with van der Waals surface area (Å²) in [6.07, 6.45) is 7.07. The van der Waals surface area contributed by atoms with Gasteiger partial charge in [-0.05, 0) is 55.9 Å². The van der Waals surface area contributed by atoms with Crippen LogP contribution in [0.15, 0.2) is 39.5 Å². The SMILES string of the molecule is N#CC1(N2CC([C@@H](NC(=O)c3ccc(S(N)(=O)=O)cc3)C3CCCCC3)N=N2)CC1. The largest absolute Gasteiger partial charge is 0.347 e. The van der Waals surface area contributed by atoms with E-state index in [1.54, 1.807) is 5.01 Å². The second kappa shape index (κ2) is 7.96. The van der Waals surface area contributed by atoms with Gasteiger partial charge in [0.2, 0.25) is 10.0 Å². The van der Waals surface area contributed by atoms with Crippen molar-refractivity contribution >= 4 is 15.9 Å². The molecule has 9 nitrogen and oxygen atoms in total. The van der Waals surface area contributed by atoms with E-state index >= 15 is 0 Å². The molecule has 0 saturated heterocycles. The minimum Gasteiger partial charge on any atom is -0.347 e. The number of carbonyl (C=O) groups is 1. The van der Waals surface area contributed by atoms with Crippen LogP contribution < -0.4 is 10.5 Å². The van der Waals surface area contributed by atoms with Crippen LogP contribution in [-0.4, -0.2) is 43.5 Å². The summed E-state index contributed by atoms with van der Waals surface area (Å²) in [6.45, 7) is 0.527. The van der Waals surface area contributed by atoms with Crippen molar-refractivity contribution in [3.05, 3.63) is 29.8 Å². The third kappa shape index (κ3) is 4.18. The number of primary sulfonamides is 1. The van der Waals surface area contributed by atoms with Gasteiger partial charge in [0.05, 0.1) is 23.6 Å². The van der Waals surface area contributed by atoms with Gasteiger partial charge in [0, 0.05) is 5.56 Å². The van der Waals surface area contributed by atoms with Gasteiger partial charge in [-0.25, -0.2) is 13.6 Å². The van der Waals surface area contributed by atoms with Gasteiger partial charge in [-0.2, -0.15) is 10.4 Å². The molecule has 160 valence electrons. The van der Waals surface area contributed by atoms with Crippen LogP contribution in [0.25, 0.3) is 0 Å². The highest BCUT2D eigenvalue weighted by Crippen LogP contribution is 2.43. The zero-order valence-corrected chi connectivity index (χ0v) is 17.5. The Morgan fingerprint density at radius 3 is 2.47 bits per heavy atom. The number of hydrogen-bond donors (Lipinski definition) is 2. The van der Waals surface area contributed by atoms with Crippen molar-refractivity contribution in [3.63, 3.8) is 0 Å². The van der Waals surface area contributed by atoms with E-state index in [4.69, 9.17) is 5.14 Å². The average molecular weight is 431 g/mol. The molecule has 1 amide bonds. The first kappa shape index (κ1) is 20.8. The molecule has 0 bridgehead atoms. The van der Waals surface area contributed by atoms with Crippen LogP contribution in [0.4, 0.5) is 0 Å². The number of hydrogen-bond acceptors (Lipinski definition) is 7. The molecule has 1 unspecified atom stereocenters. The molecule has 1 aromatic rings. The van der Waals surface area contributed by atoms with Crippen molar-refractivity contribution in [2.75, 3.05) is 6.54 Å². The standard InChI is InChI=1S/C20H26N6O3S/c21-13-20(10-11-20)26-12-17(24-25-26)18(14-4-2-1-3-5-14)23-19(27)15-6-8-16(9-7-15)30(22,28)29/h6-9,14,17-18H,1-5,10-12H2,(H,23,27)(H2,22,28,29)/t17?,18-/m0/s1. The van der Waals surface area contributed by atoms with E-state index in [1.165, 1.54) is 30.7 Å². The summed E-state index contributed by atoms with van der Waals surface area (Å²) in [4.78, 5) is 12.9. The number of amides is 1. The Kier molecular flexibility index (Phi) is 5.51. The summed E-state index contributed by atoms with van der Waals surface area (Å²) in [7, 11) is -3.81. The fourth-order valence-corrected chi connectivity index (χ4v) is 4.94. The van der Waals surface area contributed by atoms with Gasteiger partial charge in [0.25, 0.3) is 5.91 Å². The van der Waals surface area contributed by atoms with E-state index in [1.807, 2.05) is 0 Å². The summed E-state index contributed by atoms with van der Waals surface area (Å²) >= 11 is 0. The highest BCUT2D eigenvalue weighted by atomic mass is 32.2. The number of nitrogens with one attached hydrogen (secondary N) is 1. The van der Waals surface area contributed by atoms with Crippen LogP contribution in [-0.2, 0) is 10.0 Å². The van der Waals surface area contributed by atoms with Crippen molar-refractivity contribution in [2.24, 2.45) is 21.4 Å². The molecule has 2 atom stereocenters. The van der Waals surface area contributed by atoms with Crippen molar-refractivity contribution in [1.82, 2.24) is 10.3 Å². The normalized spacial score (nSPS) is 24.3. The van der Waals surface area contributed by atoms with E-state index in [2.05, 4.69) is 21.7 Å². The predicted molar refractivity (Wildman–Crippen MR) is 109 cm³/mol. The molecular formula is C20H26N6O3S. The molecule has 3 N–H and O–H groups in total. The van der Waals surface area contributed by atoms with E-state index in [-0.39, 0.29) is 22.9 Å². The number of benzene rings is 1. The smallest absolute Gasteiger partial charge is 0.251 e. The summed E-state index contributed by atoms with van der Waals surface area (Å²) < 4.78 is 22.9. The Morgan fingerprint density at radius 2 is 1.90 bits per heavy atom. The van der Waals surface area contributed by atoms with Gasteiger partial charge < -0.3 is 5.32 Å². The number of nitriles is 1. The maximum Gasteiger partial charge on any atom is 0.251 e. The maximum absolute atomic E-state index is 12.9. The highest BCUT2D eigenvalue weighted by Gasteiger charge is 2.52. The quantitative estimate of drug-likeness (QED) is 0.711. The molecule has 2 fully saturated rings. The molecule has 1 aromatic carbocycles. The molecular weight excluding hydrogens is 404 g/mol. The Bertz CT molecular complexity index is 975. The second-order valence-corrected chi connectivity index (χ2v) is 10.0. The number of carbonyl (C=O) groups excluding carboxylic acids is 1. The number of nitrogens with two attached hydrogens (primary N) is 1. The number of rotatable bonds is 6. The molecule has 2 saturated carbocycles. The van der Waals surface area contributed by atoms with Crippen molar-refractivity contribution in [3.8, 4) is 6.07 Å². The Labute approximate surface area is 176 Å². The highest BCUT2D eigenvalue weighted by molar-refractivity contribution is 7.89. The molecule has 30 heavy (non-hydrogen) atoms. The van der Waals surface area contributed by atoms with Crippen molar-refractivity contribution in [1.29, 1.82) is 5.26 Å². The van der Waals surface area contributed by atoms with Gasteiger partial charge in [0.1, 0.15) is 11.6 Å². The molecule has 0 spiro atoms. The zero-order valence-electron chi connectivity index (χ0n) is 16.7. The van der Waals surface area contributed by atoms with Gasteiger partial charge in [-0.3, -0.25) is 9.80 Å². The Morgan fingerprint density at radius 1 is 1.23 bits per heavy atom. The van der Waals surface area contributed by atoms with Gasteiger partial charge in [-0.1, -0.05) is 24.5 Å². The predicted octanol–water partition coefficient (Wildman–Crippen LogP) is 2.12. The lowest BCUT2D eigenvalue weighted by molar-refractivity contribution is 0.0898. The summed E-state index contributed by atoms with van der Waals surface area (Å²) in [6, 6.07) is 7.55. The second-order valence-electron chi connectivity index (χ2n) is 8.46. The zero-order chi connectivity index (χ0) is 21.4. The first-order valence-electron chi connectivity index (χ1n) is 10.4. The van der Waals surface area contributed by atoms with Crippen LogP contribution in [0.1, 0.15) is 55.3 Å². The fourth-order valence-electron chi connectivity index (χ4n) is 4.42. The lowest BCUT2D eigenvalue weighted by atomic mass is 9.81. The minimum atomic E-state index is -3.81. The Hall–Kier alpha value is -2.51. The monoisotopic (exact) mass is 430 g/mol. The lowest BCUT2D eigenvalue weighted by Crippen LogP contribution is -2.50. The Balaban J connectivity index is 1.50. The lowest BCUT2D eigenvalue weighted by Gasteiger charge is -2.33. The first-order chi connectivity index (χ1) is 14.3. The first-order valence-corrected chi connectivity index (χ1v) is 11.9. The summed E-state index contributed by atoms with van der Waals surface area (Å²) in [5, 5.41) is 28.2. The van der Waals surface area contributed by atoms with Gasteiger partial charge in [0.15, 0.2) is 0 Å². The topological polar surface area (TPSA) is 141 Å². The summed E-state index contributed by atoms with van der Waals surface area (Å²) in [5.41, 5.74) is -0.159. The third-order valence-electron chi connectivity index (χ3n) is 6.41. The number of nitrogens with zero attached hydrogens (tertiary/aromatic N) is 4. The summed E-state index contributed by atoms with van der Waals surface area (Å²) in [5.74, 6) is 0.0224. The fraction of sp³-hybridized carbons (Fsp3) is 0.600.